The van der Waals surface area contributed by atoms with Crippen LogP contribution in [0.15, 0.2) is 0 Å². The van der Waals surface area contributed by atoms with Crippen LogP contribution in [0.2, 0.25) is 0 Å². The van der Waals surface area contributed by atoms with Crippen molar-refractivity contribution in [2.75, 3.05) is 45.8 Å². The van der Waals surface area contributed by atoms with Crippen molar-refractivity contribution in [3.8, 4) is 0 Å². The lowest BCUT2D eigenvalue weighted by Crippen LogP contribution is -2.51. The molecule has 0 N–H and O–H groups in total. The quantitative estimate of drug-likeness (QED) is 0.717. The highest BCUT2D eigenvalue weighted by molar-refractivity contribution is 7.98. The molecule has 0 aromatic carbocycles. The summed E-state index contributed by atoms with van der Waals surface area (Å²) in [5.41, 5.74) is 0. The van der Waals surface area contributed by atoms with Crippen LogP contribution in [0, 0.1) is 0 Å². The molecule has 0 saturated carbocycles. The molecule has 1 rings (SSSR count). The average molecular weight is 260 g/mol. The Hall–Kier alpha value is -0.750. The van der Waals surface area contributed by atoms with Crippen molar-refractivity contribution in [2.24, 2.45) is 0 Å². The second kappa shape index (κ2) is 6.86. The topological polar surface area (TPSA) is 49.9 Å². The minimum absolute atomic E-state index is 0.0765. The monoisotopic (exact) mass is 260 g/mol. The van der Waals surface area contributed by atoms with Crippen LogP contribution < -0.4 is 0 Å². The Labute approximate surface area is 106 Å². The lowest BCUT2D eigenvalue weighted by molar-refractivity contribution is -0.152. The van der Waals surface area contributed by atoms with Gasteiger partial charge in [0.15, 0.2) is 6.10 Å². The van der Waals surface area contributed by atoms with Crippen molar-refractivity contribution in [2.45, 2.75) is 12.5 Å². The third-order valence-corrected chi connectivity index (χ3v) is 3.27. The number of carbonyl (C=O) groups is 2. The summed E-state index contributed by atoms with van der Waals surface area (Å²) >= 11 is 1.65. The third-order valence-electron chi connectivity index (χ3n) is 2.66. The Kier molecular flexibility index (Phi) is 5.77. The van der Waals surface area contributed by atoms with Gasteiger partial charge >= 0.3 is 0 Å². The number of thioether (sulfide) groups is 1. The fourth-order valence-corrected chi connectivity index (χ4v) is 2.04. The van der Waals surface area contributed by atoms with Gasteiger partial charge in [0.25, 0.3) is 5.91 Å². The van der Waals surface area contributed by atoms with Gasteiger partial charge in [-0.05, 0) is 6.26 Å². The molecule has 1 aliphatic rings. The molecular weight excluding hydrogens is 240 g/mol. The van der Waals surface area contributed by atoms with Gasteiger partial charge < -0.3 is 14.5 Å². The maximum Gasteiger partial charge on any atom is 0.253 e. The number of likely N-dealkylation sites (N-methyl/N-ethyl adjacent to an activating group) is 1. The van der Waals surface area contributed by atoms with Crippen molar-refractivity contribution in [3.05, 3.63) is 0 Å². The fraction of sp³-hybridized carbons (Fsp3) is 0.818. The summed E-state index contributed by atoms with van der Waals surface area (Å²) in [5, 5.41) is 0. The minimum Gasteiger partial charge on any atom is -0.365 e. The lowest BCUT2D eigenvalue weighted by Gasteiger charge is -2.33. The molecule has 98 valence electrons. The first kappa shape index (κ1) is 14.3. The average Bonchev–Trinajstić information content (AvgIpc) is 2.35. The predicted molar refractivity (Wildman–Crippen MR) is 68.0 cm³/mol. The van der Waals surface area contributed by atoms with Gasteiger partial charge in [-0.25, -0.2) is 0 Å². The zero-order valence-electron chi connectivity index (χ0n) is 10.6. The van der Waals surface area contributed by atoms with E-state index in [2.05, 4.69) is 0 Å². The van der Waals surface area contributed by atoms with Crippen LogP contribution in [-0.4, -0.2) is 73.5 Å². The van der Waals surface area contributed by atoms with Crippen molar-refractivity contribution < 1.29 is 14.3 Å². The summed E-state index contributed by atoms with van der Waals surface area (Å²) in [6.07, 6.45) is 2.01. The maximum atomic E-state index is 11.8. The zero-order valence-corrected chi connectivity index (χ0v) is 11.5. The number of morpholine rings is 1. The van der Waals surface area contributed by atoms with E-state index in [1.54, 1.807) is 30.8 Å². The normalized spacial score (nSPS) is 20.2. The predicted octanol–water partition coefficient (Wildman–Crippen LogP) is 0.0551. The first-order chi connectivity index (χ1) is 8.06. The van der Waals surface area contributed by atoms with E-state index >= 15 is 0 Å². The molecule has 1 fully saturated rings. The highest BCUT2D eigenvalue weighted by atomic mass is 32.2. The summed E-state index contributed by atoms with van der Waals surface area (Å²) in [5.74, 6) is 0.856. The molecule has 0 aromatic rings. The SMILES string of the molecule is CSCCC(=O)N1CCO[C@@H](C(=O)N(C)C)C1. The highest BCUT2D eigenvalue weighted by Gasteiger charge is 2.29. The van der Waals surface area contributed by atoms with Crippen LogP contribution in [0.25, 0.3) is 0 Å². The first-order valence-electron chi connectivity index (χ1n) is 5.65. The number of amides is 2. The summed E-state index contributed by atoms with van der Waals surface area (Å²) in [7, 11) is 3.39. The Balaban J connectivity index is 2.48. The smallest absolute Gasteiger partial charge is 0.253 e. The van der Waals surface area contributed by atoms with Crippen molar-refractivity contribution in [1.82, 2.24) is 9.80 Å². The standard InChI is InChI=1S/C11H20N2O3S/c1-12(2)11(15)9-8-13(5-6-16-9)10(14)4-7-17-3/h9H,4-8H2,1-3H3/t9-/m1/s1. The van der Waals surface area contributed by atoms with Gasteiger partial charge in [0.2, 0.25) is 5.91 Å². The van der Waals surface area contributed by atoms with E-state index in [0.717, 1.165) is 5.75 Å². The van der Waals surface area contributed by atoms with Crippen LogP contribution in [0.3, 0.4) is 0 Å². The van der Waals surface area contributed by atoms with E-state index in [0.29, 0.717) is 26.1 Å². The van der Waals surface area contributed by atoms with Crippen LogP contribution >= 0.6 is 11.8 Å². The minimum atomic E-state index is -0.503. The Morgan fingerprint density at radius 3 is 2.76 bits per heavy atom. The van der Waals surface area contributed by atoms with Crippen LogP contribution in [0.1, 0.15) is 6.42 Å². The summed E-state index contributed by atoms with van der Waals surface area (Å²) < 4.78 is 5.40. The first-order valence-corrected chi connectivity index (χ1v) is 7.05. The van der Waals surface area contributed by atoms with Crippen molar-refractivity contribution in [3.63, 3.8) is 0 Å². The van der Waals surface area contributed by atoms with Crippen LogP contribution in [0.4, 0.5) is 0 Å². The summed E-state index contributed by atoms with van der Waals surface area (Å²) in [6.45, 7) is 1.41. The highest BCUT2D eigenvalue weighted by Crippen LogP contribution is 2.09. The summed E-state index contributed by atoms with van der Waals surface area (Å²) in [6, 6.07) is 0. The Morgan fingerprint density at radius 1 is 1.47 bits per heavy atom. The molecule has 0 unspecified atom stereocenters. The Morgan fingerprint density at radius 2 is 2.18 bits per heavy atom. The molecule has 5 nitrogen and oxygen atoms in total. The third kappa shape index (κ3) is 4.20. The van der Waals surface area contributed by atoms with Gasteiger partial charge in [-0.2, -0.15) is 11.8 Å². The lowest BCUT2D eigenvalue weighted by atomic mass is 10.2. The number of ether oxygens (including phenoxy) is 1. The molecule has 1 atom stereocenters. The van der Waals surface area contributed by atoms with Gasteiger partial charge in [-0.15, -0.1) is 0 Å². The van der Waals surface area contributed by atoms with Gasteiger partial charge in [-0.3, -0.25) is 9.59 Å². The molecule has 1 saturated heterocycles. The molecule has 0 bridgehead atoms. The second-order valence-corrected chi connectivity index (χ2v) is 5.16. The van der Waals surface area contributed by atoms with Crippen LogP contribution in [0.5, 0.6) is 0 Å². The largest absolute Gasteiger partial charge is 0.365 e. The molecule has 6 heteroatoms. The van der Waals surface area contributed by atoms with Crippen LogP contribution in [-0.2, 0) is 14.3 Å². The Bertz CT molecular complexity index is 284. The van der Waals surface area contributed by atoms with E-state index in [1.165, 1.54) is 4.90 Å². The van der Waals surface area contributed by atoms with Gasteiger partial charge in [-0.1, -0.05) is 0 Å². The fourth-order valence-electron chi connectivity index (χ4n) is 1.66. The molecule has 0 aliphatic carbocycles. The molecule has 0 radical (unpaired) electrons. The molecule has 0 spiro atoms. The number of nitrogens with zero attached hydrogens (tertiary/aromatic N) is 2. The molecular formula is C11H20N2O3S. The zero-order chi connectivity index (χ0) is 12.8. The van der Waals surface area contributed by atoms with Gasteiger partial charge in [0.05, 0.1) is 13.2 Å². The number of rotatable bonds is 4. The number of hydrogen-bond acceptors (Lipinski definition) is 4. The molecule has 1 aliphatic heterocycles. The molecule has 2 amide bonds. The molecule has 17 heavy (non-hydrogen) atoms. The second-order valence-electron chi connectivity index (χ2n) is 4.17. The maximum absolute atomic E-state index is 11.8. The van der Waals surface area contributed by atoms with Crippen molar-refractivity contribution in [1.29, 1.82) is 0 Å². The number of carbonyl (C=O) groups excluding carboxylic acids is 2. The van der Waals surface area contributed by atoms with E-state index in [1.807, 2.05) is 6.26 Å². The van der Waals surface area contributed by atoms with Gasteiger partial charge in [0.1, 0.15) is 0 Å². The van der Waals surface area contributed by atoms with E-state index in [-0.39, 0.29) is 11.8 Å². The van der Waals surface area contributed by atoms with Crippen molar-refractivity contribution >= 4 is 23.6 Å². The number of hydrogen-bond donors (Lipinski definition) is 0. The van der Waals surface area contributed by atoms with Gasteiger partial charge in [0, 0.05) is 32.8 Å². The molecule has 0 aromatic heterocycles. The molecule has 1 heterocycles. The van der Waals surface area contributed by atoms with E-state index in [4.69, 9.17) is 4.74 Å². The summed E-state index contributed by atoms with van der Waals surface area (Å²) in [4.78, 5) is 26.8. The van der Waals surface area contributed by atoms with E-state index in [9.17, 15) is 9.59 Å². The van der Waals surface area contributed by atoms with E-state index < -0.39 is 6.10 Å².